The highest BCUT2D eigenvalue weighted by Gasteiger charge is 2.35. The van der Waals surface area contributed by atoms with Crippen LogP contribution < -0.4 is 22.1 Å². The zero-order valence-electron chi connectivity index (χ0n) is 22.6. The van der Waals surface area contributed by atoms with Crippen LogP contribution in [-0.2, 0) is 25.9 Å². The van der Waals surface area contributed by atoms with Crippen molar-refractivity contribution in [3.05, 3.63) is 71.3 Å². The van der Waals surface area contributed by atoms with Crippen molar-refractivity contribution in [1.82, 2.24) is 29.9 Å². The number of rotatable bonds is 10. The summed E-state index contributed by atoms with van der Waals surface area (Å²) in [6.07, 6.45) is 4.00. The Hall–Kier alpha value is -4.38. The first-order chi connectivity index (χ1) is 18.9. The van der Waals surface area contributed by atoms with Crippen LogP contribution in [0.5, 0.6) is 0 Å². The fourth-order valence-electron chi connectivity index (χ4n) is 5.25. The molecule has 0 bridgehead atoms. The van der Waals surface area contributed by atoms with Crippen LogP contribution in [0.3, 0.4) is 0 Å². The molecule has 0 aliphatic carbocycles. The van der Waals surface area contributed by atoms with Crippen LogP contribution in [0.4, 0.5) is 35.2 Å². The molecule has 11 heteroatoms. The Morgan fingerprint density at radius 1 is 0.641 bits per heavy atom. The molecule has 11 nitrogen and oxygen atoms in total. The van der Waals surface area contributed by atoms with E-state index in [1.54, 1.807) is 0 Å². The molecule has 2 aromatic heterocycles. The van der Waals surface area contributed by atoms with Crippen molar-refractivity contribution in [2.75, 3.05) is 35.2 Å². The molecule has 39 heavy (non-hydrogen) atoms. The maximum atomic E-state index is 6.12. The number of hydrogen-bond acceptors (Lipinski definition) is 10. The summed E-state index contributed by atoms with van der Waals surface area (Å²) in [5, 5.41) is 6.66. The number of nitrogens with two attached hydrogens (primary N) is 2. The molecule has 1 saturated heterocycles. The lowest BCUT2D eigenvalue weighted by Crippen LogP contribution is -2.44. The summed E-state index contributed by atoms with van der Waals surface area (Å²) in [5.41, 5.74) is 16.5. The first kappa shape index (κ1) is 26.2. The minimum Gasteiger partial charge on any atom is -0.368 e. The minimum absolute atomic E-state index is 0.194. The number of para-hydroxylation sites is 2. The van der Waals surface area contributed by atoms with E-state index in [-0.39, 0.29) is 11.9 Å². The SMILES string of the molecule is CCc1ccccc1Nc1nc(N)nc(C[N+]2(Cc3nc(N)nc(Nc4ccccc4CC)n3)CCCC2)n1. The van der Waals surface area contributed by atoms with Gasteiger partial charge in [0.25, 0.3) is 0 Å². The van der Waals surface area contributed by atoms with E-state index in [1.165, 1.54) is 11.1 Å². The van der Waals surface area contributed by atoms with E-state index in [0.29, 0.717) is 41.1 Å². The van der Waals surface area contributed by atoms with E-state index in [0.717, 1.165) is 50.1 Å². The highest BCUT2D eigenvalue weighted by Crippen LogP contribution is 2.27. The third kappa shape index (κ3) is 6.37. The van der Waals surface area contributed by atoms with Gasteiger partial charge in [0, 0.05) is 24.2 Å². The third-order valence-electron chi connectivity index (χ3n) is 7.16. The van der Waals surface area contributed by atoms with Gasteiger partial charge in [-0.25, -0.2) is 0 Å². The number of nitrogens with zero attached hydrogens (tertiary/aromatic N) is 7. The Morgan fingerprint density at radius 3 is 1.51 bits per heavy atom. The lowest BCUT2D eigenvalue weighted by Gasteiger charge is -2.33. The molecular formula is C28H36N11+. The molecule has 202 valence electrons. The summed E-state index contributed by atoms with van der Waals surface area (Å²) < 4.78 is 0.711. The first-order valence-corrected chi connectivity index (χ1v) is 13.5. The summed E-state index contributed by atoms with van der Waals surface area (Å²) >= 11 is 0. The molecule has 3 heterocycles. The van der Waals surface area contributed by atoms with Crippen molar-refractivity contribution >= 4 is 35.2 Å². The predicted octanol–water partition coefficient (Wildman–Crippen LogP) is 4.14. The number of benzene rings is 2. The summed E-state index contributed by atoms with van der Waals surface area (Å²) in [6, 6.07) is 16.2. The highest BCUT2D eigenvalue weighted by atomic mass is 15.4. The molecule has 1 aliphatic rings. The quantitative estimate of drug-likeness (QED) is 0.222. The molecular weight excluding hydrogens is 490 g/mol. The zero-order chi connectivity index (χ0) is 27.2. The van der Waals surface area contributed by atoms with Crippen LogP contribution in [0.15, 0.2) is 48.5 Å². The van der Waals surface area contributed by atoms with Gasteiger partial charge in [-0.3, -0.25) is 0 Å². The summed E-state index contributed by atoms with van der Waals surface area (Å²) in [5.74, 6) is 2.55. The Kier molecular flexibility index (Phi) is 7.78. The second-order valence-electron chi connectivity index (χ2n) is 9.95. The normalized spacial score (nSPS) is 14.3. The van der Waals surface area contributed by atoms with Crippen molar-refractivity contribution in [2.24, 2.45) is 0 Å². The Balaban J connectivity index is 1.38. The summed E-state index contributed by atoms with van der Waals surface area (Å²) in [4.78, 5) is 27.2. The van der Waals surface area contributed by atoms with Gasteiger partial charge in [0.1, 0.15) is 13.1 Å². The molecule has 0 atom stereocenters. The van der Waals surface area contributed by atoms with Gasteiger partial charge in [0.2, 0.25) is 23.8 Å². The minimum atomic E-state index is 0.194. The van der Waals surface area contributed by atoms with Gasteiger partial charge in [-0.1, -0.05) is 50.2 Å². The van der Waals surface area contributed by atoms with Gasteiger partial charge in [-0.05, 0) is 36.1 Å². The van der Waals surface area contributed by atoms with Crippen LogP contribution in [-0.4, -0.2) is 47.5 Å². The van der Waals surface area contributed by atoms with Gasteiger partial charge in [-0.2, -0.15) is 29.9 Å². The van der Waals surface area contributed by atoms with E-state index in [9.17, 15) is 0 Å². The molecule has 0 spiro atoms. The van der Waals surface area contributed by atoms with Gasteiger partial charge < -0.3 is 26.6 Å². The van der Waals surface area contributed by atoms with Gasteiger partial charge in [-0.15, -0.1) is 0 Å². The number of quaternary nitrogens is 1. The molecule has 0 radical (unpaired) electrons. The van der Waals surface area contributed by atoms with E-state index in [2.05, 4.69) is 56.5 Å². The molecule has 2 aromatic carbocycles. The van der Waals surface area contributed by atoms with E-state index in [1.807, 2.05) is 36.4 Å². The lowest BCUT2D eigenvalue weighted by molar-refractivity contribution is -0.943. The predicted molar refractivity (Wildman–Crippen MR) is 153 cm³/mol. The molecule has 6 N–H and O–H groups in total. The van der Waals surface area contributed by atoms with Gasteiger partial charge in [0.15, 0.2) is 11.6 Å². The van der Waals surface area contributed by atoms with Crippen LogP contribution >= 0.6 is 0 Å². The average molecular weight is 527 g/mol. The number of anilines is 6. The van der Waals surface area contributed by atoms with Crippen LogP contribution in [0, 0.1) is 0 Å². The third-order valence-corrected chi connectivity index (χ3v) is 7.16. The van der Waals surface area contributed by atoms with Crippen molar-refractivity contribution in [1.29, 1.82) is 0 Å². The lowest BCUT2D eigenvalue weighted by atomic mass is 10.1. The Morgan fingerprint density at radius 2 is 1.08 bits per heavy atom. The monoisotopic (exact) mass is 526 g/mol. The van der Waals surface area contributed by atoms with Crippen molar-refractivity contribution in [2.45, 2.75) is 52.6 Å². The second-order valence-corrected chi connectivity index (χ2v) is 9.95. The maximum absolute atomic E-state index is 6.12. The van der Waals surface area contributed by atoms with Gasteiger partial charge in [0.05, 0.1) is 13.1 Å². The molecule has 4 aromatic rings. The van der Waals surface area contributed by atoms with Crippen molar-refractivity contribution in [3.63, 3.8) is 0 Å². The highest BCUT2D eigenvalue weighted by molar-refractivity contribution is 5.59. The molecule has 1 fully saturated rings. The number of aryl methyl sites for hydroxylation is 2. The topological polar surface area (TPSA) is 153 Å². The Bertz CT molecular complexity index is 1330. The number of nitrogen functional groups attached to an aromatic ring is 2. The van der Waals surface area contributed by atoms with E-state index in [4.69, 9.17) is 21.4 Å². The van der Waals surface area contributed by atoms with Gasteiger partial charge >= 0.3 is 0 Å². The number of aromatic nitrogens is 6. The largest absolute Gasteiger partial charge is 0.368 e. The van der Waals surface area contributed by atoms with Crippen molar-refractivity contribution < 1.29 is 4.48 Å². The van der Waals surface area contributed by atoms with Crippen LogP contribution in [0.25, 0.3) is 0 Å². The number of likely N-dealkylation sites (tertiary alicyclic amines) is 1. The fraction of sp³-hybridized carbons (Fsp3) is 0.357. The standard InChI is InChI=1S/C28H36N11/c1-3-19-11-5-7-13-21(19)31-27-35-23(33-25(29)37-27)17-39(15-9-10-16-39)18-24-34-26(30)38-28(36-24)32-22-14-8-6-12-20(22)4-2/h5-8,11-14H,3-4,9-10,15-18H2,1-2H3,(H3,29,31,33,35,37)(H3,30,32,34,36,38)/q+1. The van der Waals surface area contributed by atoms with E-state index >= 15 is 0 Å². The molecule has 1 aliphatic heterocycles. The summed E-state index contributed by atoms with van der Waals surface area (Å²) in [6.45, 7) is 7.33. The Labute approximate surface area is 228 Å². The second kappa shape index (κ2) is 11.6. The number of nitrogens with one attached hydrogen (secondary N) is 2. The van der Waals surface area contributed by atoms with Crippen LogP contribution in [0.1, 0.15) is 49.5 Å². The zero-order valence-corrected chi connectivity index (χ0v) is 22.6. The number of hydrogen-bond donors (Lipinski definition) is 4. The van der Waals surface area contributed by atoms with Crippen LogP contribution in [0.2, 0.25) is 0 Å². The smallest absolute Gasteiger partial charge is 0.232 e. The first-order valence-electron chi connectivity index (χ1n) is 13.5. The fourth-order valence-corrected chi connectivity index (χ4v) is 5.25. The molecule has 0 saturated carbocycles. The molecule has 0 amide bonds. The molecule has 5 rings (SSSR count). The van der Waals surface area contributed by atoms with Crippen molar-refractivity contribution in [3.8, 4) is 0 Å². The van der Waals surface area contributed by atoms with E-state index < -0.39 is 0 Å². The summed E-state index contributed by atoms with van der Waals surface area (Å²) in [7, 11) is 0. The average Bonchev–Trinajstić information content (AvgIpc) is 3.36. The maximum Gasteiger partial charge on any atom is 0.232 e. The molecule has 0 unspecified atom stereocenters.